The van der Waals surface area contributed by atoms with Crippen molar-refractivity contribution in [2.75, 3.05) is 56.3 Å². The first kappa shape index (κ1) is 19.0. The van der Waals surface area contributed by atoms with Crippen LogP contribution in [-0.4, -0.2) is 60.2 Å². The van der Waals surface area contributed by atoms with Crippen LogP contribution < -0.4 is 20.7 Å². The summed E-state index contributed by atoms with van der Waals surface area (Å²) < 4.78 is 43.6. The highest BCUT2D eigenvalue weighted by atomic mass is 19.4. The van der Waals surface area contributed by atoms with Crippen LogP contribution in [0.5, 0.6) is 5.88 Å². The van der Waals surface area contributed by atoms with Gasteiger partial charge in [0.05, 0.1) is 7.11 Å². The molecule has 1 aliphatic heterocycles. The van der Waals surface area contributed by atoms with E-state index in [1.54, 1.807) is 12.1 Å². The summed E-state index contributed by atoms with van der Waals surface area (Å²) in [5.74, 6) is 0.386. The van der Waals surface area contributed by atoms with E-state index < -0.39 is 17.6 Å². The molecular formula is C16H20F3N7O. The summed E-state index contributed by atoms with van der Waals surface area (Å²) in [6.07, 6.45) is -3.94. The fraction of sp³-hybridized carbons (Fsp3) is 0.438. The fourth-order valence-corrected chi connectivity index (χ4v) is 2.67. The van der Waals surface area contributed by atoms with E-state index in [2.05, 4.69) is 37.1 Å². The van der Waals surface area contributed by atoms with Gasteiger partial charge in [-0.3, -0.25) is 0 Å². The molecular weight excluding hydrogens is 363 g/mol. The van der Waals surface area contributed by atoms with Gasteiger partial charge in [-0.15, -0.1) is 0 Å². The molecule has 0 radical (unpaired) electrons. The molecule has 3 N–H and O–H groups in total. The van der Waals surface area contributed by atoms with Crippen LogP contribution in [0.15, 0.2) is 18.3 Å². The quantitative estimate of drug-likeness (QED) is 0.828. The number of methoxy groups -OCH3 is 1. The third-order valence-electron chi connectivity index (χ3n) is 4.20. The smallest absolute Gasteiger partial charge is 0.421 e. The minimum absolute atomic E-state index is 0.0434. The van der Waals surface area contributed by atoms with Crippen molar-refractivity contribution >= 4 is 23.3 Å². The molecule has 0 saturated carbocycles. The summed E-state index contributed by atoms with van der Waals surface area (Å²) >= 11 is 0. The number of anilines is 4. The fourth-order valence-electron chi connectivity index (χ4n) is 2.67. The Morgan fingerprint density at radius 3 is 2.44 bits per heavy atom. The number of hydrogen-bond donors (Lipinski definition) is 2. The molecule has 0 spiro atoms. The zero-order valence-electron chi connectivity index (χ0n) is 14.9. The van der Waals surface area contributed by atoms with Crippen molar-refractivity contribution in [1.29, 1.82) is 0 Å². The summed E-state index contributed by atoms with van der Waals surface area (Å²) in [7, 11) is 3.54. The lowest BCUT2D eigenvalue weighted by atomic mass is 10.3. The molecule has 0 aliphatic carbocycles. The molecule has 146 valence electrons. The van der Waals surface area contributed by atoms with Gasteiger partial charge in [0.2, 0.25) is 11.8 Å². The van der Waals surface area contributed by atoms with Crippen molar-refractivity contribution in [1.82, 2.24) is 19.9 Å². The zero-order chi connectivity index (χ0) is 19.6. The number of pyridine rings is 1. The minimum atomic E-state index is -4.60. The first-order valence-corrected chi connectivity index (χ1v) is 8.22. The van der Waals surface area contributed by atoms with Crippen LogP contribution in [0.25, 0.3) is 0 Å². The number of rotatable bonds is 4. The molecule has 0 aromatic carbocycles. The predicted octanol–water partition coefficient (Wildman–Crippen LogP) is 1.98. The average Bonchev–Trinajstić information content (AvgIpc) is 2.61. The number of alkyl halides is 3. The van der Waals surface area contributed by atoms with Gasteiger partial charge in [0, 0.05) is 50.2 Å². The molecule has 2 aromatic heterocycles. The summed E-state index contributed by atoms with van der Waals surface area (Å²) in [5.41, 5.74) is 4.88. The van der Waals surface area contributed by atoms with Crippen molar-refractivity contribution in [3.63, 3.8) is 0 Å². The Hall–Kier alpha value is -2.82. The van der Waals surface area contributed by atoms with E-state index in [9.17, 15) is 13.2 Å². The summed E-state index contributed by atoms with van der Waals surface area (Å²) in [5, 5.41) is 2.86. The maximum absolute atomic E-state index is 12.8. The van der Waals surface area contributed by atoms with Gasteiger partial charge in [0.1, 0.15) is 17.2 Å². The van der Waals surface area contributed by atoms with Gasteiger partial charge in [-0.05, 0) is 7.05 Å². The molecule has 8 nitrogen and oxygen atoms in total. The number of piperazine rings is 1. The monoisotopic (exact) mass is 383 g/mol. The molecule has 3 heterocycles. The lowest BCUT2D eigenvalue weighted by molar-refractivity contribution is -0.137. The molecule has 0 bridgehead atoms. The minimum Gasteiger partial charge on any atom is -0.481 e. The molecule has 1 saturated heterocycles. The van der Waals surface area contributed by atoms with Crippen molar-refractivity contribution in [2.24, 2.45) is 0 Å². The number of nitrogens with two attached hydrogens (primary N) is 1. The van der Waals surface area contributed by atoms with Crippen LogP contribution in [0, 0.1) is 0 Å². The van der Waals surface area contributed by atoms with Gasteiger partial charge in [-0.25, -0.2) is 4.98 Å². The maximum Gasteiger partial charge on any atom is 0.421 e. The number of aromatic nitrogens is 3. The maximum atomic E-state index is 12.8. The van der Waals surface area contributed by atoms with E-state index in [-0.39, 0.29) is 5.95 Å². The first-order chi connectivity index (χ1) is 12.8. The largest absolute Gasteiger partial charge is 0.481 e. The highest BCUT2D eigenvalue weighted by Gasteiger charge is 2.34. The van der Waals surface area contributed by atoms with Crippen molar-refractivity contribution < 1.29 is 17.9 Å². The first-order valence-electron chi connectivity index (χ1n) is 8.22. The predicted molar refractivity (Wildman–Crippen MR) is 95.2 cm³/mol. The number of nitrogen functional groups attached to an aromatic ring is 1. The number of halogens is 3. The Kier molecular flexibility index (Phi) is 5.22. The van der Waals surface area contributed by atoms with Gasteiger partial charge in [-0.2, -0.15) is 23.1 Å². The molecule has 0 amide bonds. The summed E-state index contributed by atoms with van der Waals surface area (Å²) in [4.78, 5) is 16.2. The molecule has 27 heavy (non-hydrogen) atoms. The zero-order valence-corrected chi connectivity index (χ0v) is 14.9. The lowest BCUT2D eigenvalue weighted by Crippen LogP contribution is -2.44. The van der Waals surface area contributed by atoms with Crippen molar-refractivity contribution in [2.45, 2.75) is 6.18 Å². The SMILES string of the molecule is COc1cc(Nc2ncc(C(F)(F)F)c(N)n2)cc(N2CCN(C)CC2)n1. The summed E-state index contributed by atoms with van der Waals surface area (Å²) in [6.45, 7) is 3.42. The Balaban J connectivity index is 1.84. The normalized spacial score (nSPS) is 15.7. The van der Waals surface area contributed by atoms with E-state index in [4.69, 9.17) is 10.5 Å². The van der Waals surface area contributed by atoms with Gasteiger partial charge in [-0.1, -0.05) is 0 Å². The van der Waals surface area contributed by atoms with Gasteiger partial charge in [0.25, 0.3) is 0 Å². The number of likely N-dealkylation sites (N-methyl/N-ethyl adjacent to an activating group) is 1. The molecule has 3 rings (SSSR count). The van der Waals surface area contributed by atoms with E-state index in [1.165, 1.54) is 7.11 Å². The van der Waals surface area contributed by atoms with E-state index in [0.29, 0.717) is 23.6 Å². The van der Waals surface area contributed by atoms with Crippen LogP contribution >= 0.6 is 0 Å². The van der Waals surface area contributed by atoms with Crippen LogP contribution in [-0.2, 0) is 6.18 Å². The Morgan fingerprint density at radius 1 is 1.15 bits per heavy atom. The number of ether oxygens (including phenoxy) is 1. The second-order valence-electron chi connectivity index (χ2n) is 6.16. The number of nitrogens with one attached hydrogen (secondary N) is 1. The van der Waals surface area contributed by atoms with Gasteiger partial charge < -0.3 is 25.6 Å². The van der Waals surface area contributed by atoms with Crippen LogP contribution in [0.1, 0.15) is 5.56 Å². The van der Waals surface area contributed by atoms with E-state index in [1.807, 2.05) is 0 Å². The summed E-state index contributed by atoms with van der Waals surface area (Å²) in [6, 6.07) is 3.38. The second-order valence-corrected chi connectivity index (χ2v) is 6.16. The molecule has 2 aromatic rings. The number of nitrogens with zero attached hydrogens (tertiary/aromatic N) is 5. The number of hydrogen-bond acceptors (Lipinski definition) is 8. The van der Waals surface area contributed by atoms with Crippen LogP contribution in [0.3, 0.4) is 0 Å². The topological polar surface area (TPSA) is 92.4 Å². The standard InChI is InChI=1S/C16H20F3N7O/c1-25-3-5-26(6-4-25)12-7-10(8-13(23-12)27-2)22-15-21-9-11(14(20)24-15)16(17,18)19/h7-9H,3-6H2,1-2H3,(H3,20,21,22,23,24). The highest BCUT2D eigenvalue weighted by Crippen LogP contribution is 2.33. The van der Waals surface area contributed by atoms with Crippen LogP contribution in [0.4, 0.5) is 36.4 Å². The van der Waals surface area contributed by atoms with Crippen molar-refractivity contribution in [3.05, 3.63) is 23.9 Å². The Bertz CT molecular complexity index is 807. The molecule has 0 atom stereocenters. The van der Waals surface area contributed by atoms with Crippen molar-refractivity contribution in [3.8, 4) is 5.88 Å². The molecule has 11 heteroatoms. The molecule has 1 fully saturated rings. The third-order valence-corrected chi connectivity index (χ3v) is 4.20. The molecule has 0 unspecified atom stereocenters. The van der Waals surface area contributed by atoms with Gasteiger partial charge in [0.15, 0.2) is 0 Å². The Labute approximate surface area is 154 Å². The Morgan fingerprint density at radius 2 is 1.85 bits per heavy atom. The lowest BCUT2D eigenvalue weighted by Gasteiger charge is -2.33. The van der Waals surface area contributed by atoms with E-state index >= 15 is 0 Å². The average molecular weight is 383 g/mol. The van der Waals surface area contributed by atoms with Gasteiger partial charge >= 0.3 is 6.18 Å². The van der Waals surface area contributed by atoms with E-state index in [0.717, 1.165) is 26.2 Å². The third kappa shape index (κ3) is 4.48. The second kappa shape index (κ2) is 7.43. The van der Waals surface area contributed by atoms with Crippen LogP contribution in [0.2, 0.25) is 0 Å². The molecule has 1 aliphatic rings. The highest BCUT2D eigenvalue weighted by molar-refractivity contribution is 5.62.